The molecule has 9 nitrogen and oxygen atoms in total. The van der Waals surface area contributed by atoms with Gasteiger partial charge in [0.15, 0.2) is 0 Å². The van der Waals surface area contributed by atoms with Gasteiger partial charge in [-0.2, -0.15) is 0 Å². The molecule has 10 heteroatoms. The fraction of sp³-hybridized carbons (Fsp3) is 0.750. The first kappa shape index (κ1) is 14.6. The van der Waals surface area contributed by atoms with Gasteiger partial charge in [0.25, 0.3) is 0 Å². The fourth-order valence-corrected chi connectivity index (χ4v) is 1.74. The first-order chi connectivity index (χ1) is 8.47. The summed E-state index contributed by atoms with van der Waals surface area (Å²) in [6, 6.07) is 0. The van der Waals surface area contributed by atoms with Gasteiger partial charge in [0.1, 0.15) is 13.2 Å². The van der Waals surface area contributed by atoms with E-state index in [1.807, 2.05) is 5.09 Å². The number of hydrogen-bond donors (Lipinski definition) is 3. The van der Waals surface area contributed by atoms with E-state index in [0.717, 1.165) is 0 Å². The van der Waals surface area contributed by atoms with Crippen molar-refractivity contribution >= 4 is 20.3 Å². The van der Waals surface area contributed by atoms with E-state index >= 15 is 0 Å². The second-order valence-corrected chi connectivity index (χ2v) is 4.50. The van der Waals surface area contributed by atoms with Gasteiger partial charge in [-0.15, -0.1) is 0 Å². The Morgan fingerprint density at radius 1 is 1.28 bits per heavy atom. The van der Waals surface area contributed by atoms with Crippen molar-refractivity contribution < 1.29 is 28.4 Å². The molecular formula is C8H15N3O6P+. The molecule has 1 rings (SSSR count). The van der Waals surface area contributed by atoms with Gasteiger partial charge in [-0.1, -0.05) is 10.6 Å². The Morgan fingerprint density at radius 2 is 1.83 bits per heavy atom. The Bertz CT molecular complexity index is 339. The van der Waals surface area contributed by atoms with Gasteiger partial charge in [-0.05, 0) is 17.4 Å². The quantitative estimate of drug-likeness (QED) is 0.600. The molecule has 0 saturated carbocycles. The lowest BCUT2D eigenvalue weighted by Crippen LogP contribution is -2.26. The lowest BCUT2D eigenvalue weighted by atomic mass is 10.2. The number of ether oxygens (including phenoxy) is 3. The Morgan fingerprint density at radius 3 is 2.33 bits per heavy atom. The molecule has 102 valence electrons. The van der Waals surface area contributed by atoms with Crippen molar-refractivity contribution in [1.82, 2.24) is 5.09 Å². The highest BCUT2D eigenvalue weighted by molar-refractivity contribution is 7.40. The second kappa shape index (κ2) is 7.10. The molecule has 0 radical (unpaired) electrons. The number of nitrogens with two attached hydrogens (primary N) is 2. The second-order valence-electron chi connectivity index (χ2n) is 3.62. The first-order valence-corrected chi connectivity index (χ1v) is 6.53. The summed E-state index contributed by atoms with van der Waals surface area (Å²) in [4.78, 5) is 21.4. The third-order valence-corrected chi connectivity index (χ3v) is 2.61. The van der Waals surface area contributed by atoms with Crippen LogP contribution in [-0.4, -0.2) is 37.6 Å². The van der Waals surface area contributed by atoms with Gasteiger partial charge in [0.05, 0.1) is 12.2 Å². The average molecular weight is 280 g/mol. The van der Waals surface area contributed by atoms with Gasteiger partial charge in [-0.3, -0.25) is 0 Å². The third kappa shape index (κ3) is 5.76. The van der Waals surface area contributed by atoms with Crippen molar-refractivity contribution in [2.45, 2.75) is 25.0 Å². The lowest BCUT2D eigenvalue weighted by Gasteiger charge is -2.12. The Labute approximate surface area is 104 Å². The molecule has 0 aromatic rings. The molecule has 0 aromatic carbocycles. The number of rotatable bonds is 5. The molecule has 1 aliphatic rings. The molecule has 1 heterocycles. The van der Waals surface area contributed by atoms with E-state index in [4.69, 9.17) is 20.7 Å². The van der Waals surface area contributed by atoms with Crippen LogP contribution in [0.4, 0.5) is 9.59 Å². The van der Waals surface area contributed by atoms with Crippen molar-refractivity contribution in [3.05, 3.63) is 0 Å². The summed E-state index contributed by atoms with van der Waals surface area (Å²) in [5.74, 6) is 0. The first-order valence-electron chi connectivity index (χ1n) is 5.20. The molecule has 3 unspecified atom stereocenters. The number of hydrogen-bond acceptors (Lipinski definition) is 6. The van der Waals surface area contributed by atoms with Gasteiger partial charge in [0.2, 0.25) is 0 Å². The van der Waals surface area contributed by atoms with E-state index in [9.17, 15) is 14.2 Å². The molecular weight excluding hydrogens is 265 g/mol. The lowest BCUT2D eigenvalue weighted by molar-refractivity contribution is -0.0182. The topological polar surface area (TPSA) is 143 Å². The zero-order chi connectivity index (χ0) is 13.5. The Hall–Kier alpha value is -1.44. The summed E-state index contributed by atoms with van der Waals surface area (Å²) in [6.07, 6.45) is -0.917. The molecule has 0 bridgehead atoms. The summed E-state index contributed by atoms with van der Waals surface area (Å²) in [7, 11) is -2.27. The number of primary amides is 1. The molecule has 5 N–H and O–H groups in total. The normalized spacial score (nSPS) is 23.3. The summed E-state index contributed by atoms with van der Waals surface area (Å²) in [6.45, 7) is 0.0920. The van der Waals surface area contributed by atoms with Gasteiger partial charge < -0.3 is 19.9 Å². The van der Waals surface area contributed by atoms with Crippen molar-refractivity contribution in [2.75, 3.05) is 13.2 Å². The SMILES string of the molecule is NC(=O)OCC1CCC(COC(=O)N[P+](N)=O)O1. The summed E-state index contributed by atoms with van der Waals surface area (Å²) in [5, 5.41) is 1.90. The molecule has 2 amide bonds. The van der Waals surface area contributed by atoms with Gasteiger partial charge in [-0.25, -0.2) is 9.59 Å². The predicted molar refractivity (Wildman–Crippen MR) is 59.7 cm³/mol. The van der Waals surface area contributed by atoms with E-state index in [-0.39, 0.29) is 25.4 Å². The minimum atomic E-state index is -2.27. The maximum atomic E-state index is 11.0. The molecule has 18 heavy (non-hydrogen) atoms. The smallest absolute Gasteiger partial charge is 0.447 e. The number of carbonyl (C=O) groups is 2. The largest absolute Gasteiger partial charge is 0.564 e. The predicted octanol–water partition coefficient (Wildman–Crippen LogP) is -0.0284. The van der Waals surface area contributed by atoms with E-state index in [2.05, 4.69) is 4.74 Å². The van der Waals surface area contributed by atoms with Crippen molar-refractivity contribution in [2.24, 2.45) is 11.2 Å². The molecule has 1 fully saturated rings. The zero-order valence-electron chi connectivity index (χ0n) is 9.53. The minimum Gasteiger partial charge on any atom is -0.447 e. The van der Waals surface area contributed by atoms with Crippen LogP contribution in [-0.2, 0) is 18.8 Å². The Kier molecular flexibility index (Phi) is 5.76. The Balaban J connectivity index is 2.16. The van der Waals surface area contributed by atoms with Crippen molar-refractivity contribution in [3.63, 3.8) is 0 Å². The highest BCUT2D eigenvalue weighted by Gasteiger charge is 2.27. The van der Waals surface area contributed by atoms with Crippen LogP contribution in [0.3, 0.4) is 0 Å². The average Bonchev–Trinajstić information content (AvgIpc) is 2.70. The number of amides is 2. The van der Waals surface area contributed by atoms with Crippen molar-refractivity contribution in [1.29, 1.82) is 0 Å². The molecule has 0 spiro atoms. The maximum absolute atomic E-state index is 11.0. The number of carbonyl (C=O) groups excluding carboxylic acids is 2. The van der Waals surface area contributed by atoms with Gasteiger partial charge >= 0.3 is 20.3 Å². The summed E-state index contributed by atoms with van der Waals surface area (Å²) >= 11 is 0. The van der Waals surface area contributed by atoms with Crippen LogP contribution >= 0.6 is 8.10 Å². The van der Waals surface area contributed by atoms with Crippen LogP contribution in [0.15, 0.2) is 0 Å². The summed E-state index contributed by atoms with van der Waals surface area (Å²) < 4.78 is 25.2. The zero-order valence-corrected chi connectivity index (χ0v) is 10.4. The van der Waals surface area contributed by atoms with Crippen LogP contribution < -0.4 is 16.3 Å². The van der Waals surface area contributed by atoms with Crippen LogP contribution in [0.25, 0.3) is 0 Å². The van der Waals surface area contributed by atoms with Gasteiger partial charge in [0, 0.05) is 0 Å². The third-order valence-electron chi connectivity index (χ3n) is 2.21. The van der Waals surface area contributed by atoms with Crippen LogP contribution in [0.5, 0.6) is 0 Å². The van der Waals surface area contributed by atoms with E-state index in [1.165, 1.54) is 0 Å². The molecule has 3 atom stereocenters. The van der Waals surface area contributed by atoms with Crippen LogP contribution in [0.2, 0.25) is 0 Å². The summed E-state index contributed by atoms with van der Waals surface area (Å²) in [5.41, 5.74) is 9.69. The highest BCUT2D eigenvalue weighted by atomic mass is 31.1. The molecule has 0 aliphatic carbocycles. The number of nitrogens with one attached hydrogen (secondary N) is 1. The monoisotopic (exact) mass is 280 g/mol. The van der Waals surface area contributed by atoms with E-state index in [0.29, 0.717) is 12.8 Å². The molecule has 0 aromatic heterocycles. The van der Waals surface area contributed by atoms with Crippen LogP contribution in [0.1, 0.15) is 12.8 Å². The maximum Gasteiger partial charge on any atom is 0.564 e. The van der Waals surface area contributed by atoms with Crippen molar-refractivity contribution in [3.8, 4) is 0 Å². The van der Waals surface area contributed by atoms with E-state index in [1.54, 1.807) is 0 Å². The van der Waals surface area contributed by atoms with E-state index < -0.39 is 20.3 Å². The highest BCUT2D eigenvalue weighted by Crippen LogP contribution is 2.20. The molecule has 1 aliphatic heterocycles. The standard InChI is InChI=1S/C8H14N3O6P/c9-7(12)15-3-5-1-2-6(17-5)4-16-8(13)11-18(10)14/h5-6H,1-4H2,(H4-,9,10,11,12,13,14)/p+1. The minimum absolute atomic E-state index is 0.0160. The molecule has 1 saturated heterocycles. The van der Waals surface area contributed by atoms with Crippen LogP contribution in [0, 0.1) is 0 Å². The fourth-order valence-electron chi connectivity index (χ4n) is 1.49.